The molecule has 1 aliphatic rings. The van der Waals surface area contributed by atoms with Crippen molar-refractivity contribution in [1.29, 1.82) is 0 Å². The molecule has 0 fully saturated rings. The van der Waals surface area contributed by atoms with Crippen LogP contribution < -0.4 is 5.32 Å². The molecule has 1 aromatic heterocycles. The summed E-state index contributed by atoms with van der Waals surface area (Å²) in [6, 6.07) is 3.65. The maximum atomic E-state index is 13.9. The van der Waals surface area contributed by atoms with Crippen LogP contribution in [0.15, 0.2) is 24.4 Å². The number of aliphatic hydroxyl groups excluding tert-OH is 1. The molecule has 0 aliphatic carbocycles. The average Bonchev–Trinajstić information content (AvgIpc) is 2.74. The summed E-state index contributed by atoms with van der Waals surface area (Å²) in [5, 5.41) is 12.2. The molecule has 0 bridgehead atoms. The number of nitrogens with one attached hydrogen (secondary N) is 1. The zero-order valence-electron chi connectivity index (χ0n) is 17.1. The molecule has 0 radical (unpaired) electrons. The molecular formula is C21H26ClFN4O3. The van der Waals surface area contributed by atoms with Gasteiger partial charge in [0.05, 0.1) is 29.9 Å². The topological polar surface area (TPSA) is 87.6 Å². The highest BCUT2D eigenvalue weighted by Gasteiger charge is 2.25. The Balaban J connectivity index is 1.70. The number of amides is 2. The number of rotatable bonds is 7. The number of nitrogens with zero attached hydrogens (tertiary/aromatic N) is 3. The van der Waals surface area contributed by atoms with E-state index in [2.05, 4.69) is 15.3 Å². The molecular weight excluding hydrogens is 411 g/mol. The van der Waals surface area contributed by atoms with Crippen molar-refractivity contribution >= 4 is 17.6 Å². The van der Waals surface area contributed by atoms with Crippen molar-refractivity contribution in [1.82, 2.24) is 20.2 Å². The minimum Gasteiger partial charge on any atom is -0.396 e. The molecule has 0 unspecified atom stereocenters. The number of methoxy groups -OCH3 is 1. The third-order valence-electron chi connectivity index (χ3n) is 5.10. The molecule has 30 heavy (non-hydrogen) atoms. The first-order valence-electron chi connectivity index (χ1n) is 9.85. The first-order valence-corrected chi connectivity index (χ1v) is 10.2. The summed E-state index contributed by atoms with van der Waals surface area (Å²) in [4.78, 5) is 23.5. The second kappa shape index (κ2) is 10.1. The van der Waals surface area contributed by atoms with Crippen LogP contribution in [0.5, 0.6) is 0 Å². The molecule has 1 aliphatic heterocycles. The summed E-state index contributed by atoms with van der Waals surface area (Å²) < 4.78 is 19.1. The summed E-state index contributed by atoms with van der Waals surface area (Å²) in [6.45, 7) is 3.09. The Bertz CT molecular complexity index is 899. The van der Waals surface area contributed by atoms with Gasteiger partial charge >= 0.3 is 6.03 Å². The van der Waals surface area contributed by atoms with Crippen LogP contribution >= 0.6 is 11.6 Å². The first kappa shape index (κ1) is 22.4. The second-order valence-electron chi connectivity index (χ2n) is 7.55. The number of fused-ring (bicyclic) bond motifs is 1. The summed E-state index contributed by atoms with van der Waals surface area (Å²) >= 11 is 5.76. The summed E-state index contributed by atoms with van der Waals surface area (Å²) in [7, 11) is 1.52. The highest BCUT2D eigenvalue weighted by Crippen LogP contribution is 2.22. The average molecular weight is 437 g/mol. The fraction of sp³-hybridized carbons (Fsp3) is 0.476. The van der Waals surface area contributed by atoms with Crippen LogP contribution in [0.4, 0.5) is 9.18 Å². The van der Waals surface area contributed by atoms with Gasteiger partial charge in [-0.05, 0) is 35.6 Å². The van der Waals surface area contributed by atoms with E-state index in [1.54, 1.807) is 17.2 Å². The van der Waals surface area contributed by atoms with Gasteiger partial charge in [-0.15, -0.1) is 0 Å². The van der Waals surface area contributed by atoms with E-state index in [0.717, 1.165) is 11.3 Å². The standard InChI is InChI=1S/C21H26ClFN4O3/c1-13(11-28)7-20-24-9-15-5-6-27(10-18(15)25-20)21(29)26-19(12-30-2)14-3-4-16(22)17(23)8-14/h3-4,8-9,13,19,28H,5-7,10-12H2,1-2H3,(H,26,29)/t13-,19-/m1/s1. The van der Waals surface area contributed by atoms with Gasteiger partial charge in [-0.25, -0.2) is 19.2 Å². The number of aromatic nitrogens is 2. The quantitative estimate of drug-likeness (QED) is 0.696. The van der Waals surface area contributed by atoms with E-state index in [0.29, 0.717) is 37.3 Å². The lowest BCUT2D eigenvalue weighted by Crippen LogP contribution is -2.45. The Morgan fingerprint density at radius 3 is 2.97 bits per heavy atom. The molecule has 2 atom stereocenters. The van der Waals surface area contributed by atoms with E-state index in [-0.39, 0.29) is 30.2 Å². The molecule has 0 saturated heterocycles. The van der Waals surface area contributed by atoms with Crippen molar-refractivity contribution in [3.8, 4) is 0 Å². The van der Waals surface area contributed by atoms with Crippen LogP contribution in [0, 0.1) is 11.7 Å². The minimum atomic E-state index is -0.544. The fourth-order valence-corrected chi connectivity index (χ4v) is 3.47. The van der Waals surface area contributed by atoms with E-state index in [1.807, 2.05) is 6.92 Å². The van der Waals surface area contributed by atoms with Crippen LogP contribution in [0.1, 0.15) is 35.6 Å². The number of hydrogen-bond acceptors (Lipinski definition) is 5. The number of aliphatic hydroxyl groups is 1. The lowest BCUT2D eigenvalue weighted by Gasteiger charge is -2.30. The van der Waals surface area contributed by atoms with Crippen molar-refractivity contribution < 1.29 is 19.0 Å². The van der Waals surface area contributed by atoms with Gasteiger partial charge in [0.15, 0.2) is 0 Å². The highest BCUT2D eigenvalue weighted by molar-refractivity contribution is 6.30. The molecule has 7 nitrogen and oxygen atoms in total. The number of benzene rings is 1. The molecule has 162 valence electrons. The Hall–Kier alpha value is -2.29. The predicted octanol–water partition coefficient (Wildman–Crippen LogP) is 2.90. The van der Waals surface area contributed by atoms with Gasteiger partial charge in [0.2, 0.25) is 0 Å². The number of hydrogen-bond donors (Lipinski definition) is 2. The van der Waals surface area contributed by atoms with E-state index >= 15 is 0 Å². The molecule has 2 N–H and O–H groups in total. The number of urea groups is 1. The van der Waals surface area contributed by atoms with Crippen molar-refractivity contribution in [2.75, 3.05) is 26.9 Å². The van der Waals surface area contributed by atoms with Crippen LogP contribution in [-0.2, 0) is 24.1 Å². The zero-order valence-corrected chi connectivity index (χ0v) is 17.8. The molecule has 2 heterocycles. The van der Waals surface area contributed by atoms with Crippen molar-refractivity contribution in [3.63, 3.8) is 0 Å². The number of carbonyl (C=O) groups is 1. The monoisotopic (exact) mass is 436 g/mol. The summed E-state index contributed by atoms with van der Waals surface area (Å²) in [5.41, 5.74) is 2.41. The third kappa shape index (κ3) is 5.44. The van der Waals surface area contributed by atoms with Gasteiger partial charge < -0.3 is 20.1 Å². The van der Waals surface area contributed by atoms with Gasteiger partial charge in [-0.1, -0.05) is 24.6 Å². The largest absolute Gasteiger partial charge is 0.396 e. The smallest absolute Gasteiger partial charge is 0.318 e. The number of halogens is 2. The molecule has 0 spiro atoms. The lowest BCUT2D eigenvalue weighted by molar-refractivity contribution is 0.152. The Labute approximate surface area is 180 Å². The van der Waals surface area contributed by atoms with Crippen LogP contribution in [0.3, 0.4) is 0 Å². The maximum Gasteiger partial charge on any atom is 0.318 e. The van der Waals surface area contributed by atoms with Gasteiger partial charge in [0, 0.05) is 32.9 Å². The minimum absolute atomic E-state index is 0.0277. The first-order chi connectivity index (χ1) is 14.4. The van der Waals surface area contributed by atoms with Crippen LogP contribution in [-0.4, -0.2) is 52.9 Å². The molecule has 1 aromatic carbocycles. The SMILES string of the molecule is COC[C@@H](NC(=O)N1CCc2cnc(C[C@@H](C)CO)nc2C1)c1ccc(Cl)c(F)c1. The Morgan fingerprint density at radius 1 is 1.47 bits per heavy atom. The predicted molar refractivity (Wildman–Crippen MR) is 111 cm³/mol. The Kier molecular flexibility index (Phi) is 7.58. The lowest BCUT2D eigenvalue weighted by atomic mass is 10.1. The molecule has 9 heteroatoms. The third-order valence-corrected chi connectivity index (χ3v) is 5.41. The van der Waals surface area contributed by atoms with E-state index in [4.69, 9.17) is 16.3 Å². The molecule has 3 rings (SSSR count). The van der Waals surface area contributed by atoms with Crippen molar-refractivity contribution in [2.45, 2.75) is 32.4 Å². The van der Waals surface area contributed by atoms with Gasteiger partial charge in [-0.3, -0.25) is 0 Å². The zero-order chi connectivity index (χ0) is 21.7. The van der Waals surface area contributed by atoms with Crippen molar-refractivity contribution in [2.24, 2.45) is 5.92 Å². The molecule has 2 amide bonds. The van der Waals surface area contributed by atoms with E-state index < -0.39 is 11.9 Å². The molecule has 0 saturated carbocycles. The van der Waals surface area contributed by atoms with Crippen molar-refractivity contribution in [3.05, 3.63) is 57.9 Å². The van der Waals surface area contributed by atoms with Gasteiger partial charge in [0.25, 0.3) is 0 Å². The molecule has 2 aromatic rings. The van der Waals surface area contributed by atoms with Crippen LogP contribution in [0.25, 0.3) is 0 Å². The highest BCUT2D eigenvalue weighted by atomic mass is 35.5. The summed E-state index contributed by atoms with van der Waals surface area (Å²) in [5.74, 6) is 0.185. The maximum absolute atomic E-state index is 13.9. The normalized spacial score (nSPS) is 15.4. The van der Waals surface area contributed by atoms with E-state index in [1.165, 1.54) is 19.2 Å². The Morgan fingerprint density at radius 2 is 2.27 bits per heavy atom. The fourth-order valence-electron chi connectivity index (χ4n) is 3.35. The van der Waals surface area contributed by atoms with Gasteiger partial charge in [0.1, 0.15) is 11.6 Å². The summed E-state index contributed by atoms with van der Waals surface area (Å²) in [6.07, 6.45) is 3.04. The van der Waals surface area contributed by atoms with E-state index in [9.17, 15) is 14.3 Å². The number of ether oxygens (including phenoxy) is 1. The number of carbonyl (C=O) groups excluding carboxylic acids is 1. The van der Waals surface area contributed by atoms with Crippen LogP contribution in [0.2, 0.25) is 5.02 Å². The van der Waals surface area contributed by atoms with Gasteiger partial charge in [-0.2, -0.15) is 0 Å². The second-order valence-corrected chi connectivity index (χ2v) is 7.96.